The molecule has 0 unspecified atom stereocenters. The molecule has 0 saturated heterocycles. The van der Waals surface area contributed by atoms with Crippen molar-refractivity contribution < 1.29 is 16.5 Å². The molecule has 0 saturated carbocycles. The van der Waals surface area contributed by atoms with Crippen molar-refractivity contribution in [3.05, 3.63) is 58.7 Å². The normalized spacial score (nSPS) is 12.0. The van der Waals surface area contributed by atoms with Gasteiger partial charge in [0.25, 0.3) is 0 Å². The molecule has 2 rings (SSSR count). The Balaban J connectivity index is 0.00000882. The molecule has 0 N–H and O–H groups in total. The van der Waals surface area contributed by atoms with E-state index in [2.05, 4.69) is 77.9 Å². The van der Waals surface area contributed by atoms with Gasteiger partial charge < -0.3 is 0 Å². The summed E-state index contributed by atoms with van der Waals surface area (Å²) in [5.41, 5.74) is 10.7. The summed E-state index contributed by atoms with van der Waals surface area (Å²) < 4.78 is 0. The number of hydrogen-bond acceptors (Lipinski definition) is 2. The van der Waals surface area contributed by atoms with E-state index in [1.807, 2.05) is 0 Å². The van der Waals surface area contributed by atoms with Crippen LogP contribution in [0.2, 0.25) is 0 Å². The van der Waals surface area contributed by atoms with Crippen LogP contribution in [0.4, 0.5) is 11.4 Å². The maximum absolute atomic E-state index is 5.39. The van der Waals surface area contributed by atoms with Gasteiger partial charge in [0.1, 0.15) is 0 Å². The number of unbranched alkanes of at least 4 members (excludes halogenated alkanes) is 7. The summed E-state index contributed by atoms with van der Waals surface area (Å²) >= 11 is 0. The Labute approximate surface area is 270 Å². The first-order chi connectivity index (χ1) is 20.1. The second-order valence-electron chi connectivity index (χ2n) is 12.0. The maximum atomic E-state index is 5.39. The van der Waals surface area contributed by atoms with Crippen molar-refractivity contribution in [3.63, 3.8) is 0 Å². The molecule has 0 bridgehead atoms. The van der Waals surface area contributed by atoms with Crippen molar-refractivity contribution in [3.8, 4) is 0 Å². The minimum Gasteiger partial charge on any atom is -0.252 e. The zero-order valence-electron chi connectivity index (χ0n) is 28.1. The summed E-state index contributed by atoms with van der Waals surface area (Å²) in [6, 6.07) is 14.0. The first-order valence-corrected chi connectivity index (χ1v) is 17.5. The number of rotatable bonds is 22. The Kier molecular flexibility index (Phi) is 21.6. The molecule has 42 heavy (non-hydrogen) atoms. The van der Waals surface area contributed by atoms with Crippen molar-refractivity contribution in [2.45, 2.75) is 164 Å². The average Bonchev–Trinajstić information content (AvgIpc) is 2.99. The molecule has 0 atom stereocenters. The SMILES string of the molecule is CCCCCC(=Nc1ccc(CCCC)c(CCCC)c1)C(CCCC)=Nc1ccc(CCCC)c(CCCC)c1.[Ni]. The fourth-order valence-corrected chi connectivity index (χ4v) is 5.51. The van der Waals surface area contributed by atoms with Gasteiger partial charge in [-0.05, 0) is 124 Å². The van der Waals surface area contributed by atoms with Crippen LogP contribution in [0.5, 0.6) is 0 Å². The van der Waals surface area contributed by atoms with Crippen molar-refractivity contribution in [2.24, 2.45) is 9.98 Å². The van der Waals surface area contributed by atoms with Gasteiger partial charge in [-0.1, -0.05) is 98.6 Å². The summed E-state index contributed by atoms with van der Waals surface area (Å²) in [6.45, 7) is 13.7. The van der Waals surface area contributed by atoms with Gasteiger partial charge in [0.15, 0.2) is 0 Å². The van der Waals surface area contributed by atoms with Crippen molar-refractivity contribution in [2.75, 3.05) is 0 Å². The first-order valence-electron chi connectivity index (χ1n) is 17.5. The minimum absolute atomic E-state index is 0. The summed E-state index contributed by atoms with van der Waals surface area (Å²) in [4.78, 5) is 10.8. The zero-order chi connectivity index (χ0) is 29.7. The fraction of sp³-hybridized carbons (Fsp3) is 0.641. The molecule has 0 fully saturated rings. The minimum atomic E-state index is 0. The van der Waals surface area contributed by atoms with Crippen LogP contribution in [0.1, 0.15) is 160 Å². The van der Waals surface area contributed by atoms with Gasteiger partial charge in [0, 0.05) is 16.5 Å². The molecule has 2 nitrogen and oxygen atoms in total. The quantitative estimate of drug-likeness (QED) is 0.0713. The second kappa shape index (κ2) is 23.7. The third-order valence-corrected chi connectivity index (χ3v) is 8.22. The third kappa shape index (κ3) is 14.2. The maximum Gasteiger partial charge on any atom is 0.0636 e. The molecule has 0 spiro atoms. The van der Waals surface area contributed by atoms with Gasteiger partial charge in [0.2, 0.25) is 0 Å². The van der Waals surface area contributed by atoms with Crippen LogP contribution in [0, 0.1) is 0 Å². The smallest absolute Gasteiger partial charge is 0.0636 e. The average molecular weight is 618 g/mol. The molecule has 0 radical (unpaired) electrons. The topological polar surface area (TPSA) is 24.7 Å². The fourth-order valence-electron chi connectivity index (χ4n) is 5.51. The van der Waals surface area contributed by atoms with E-state index in [0.717, 1.165) is 43.5 Å². The molecule has 0 aliphatic heterocycles. The van der Waals surface area contributed by atoms with Crippen LogP contribution in [0.3, 0.4) is 0 Å². The monoisotopic (exact) mass is 616 g/mol. The molecule has 0 heterocycles. The Bertz CT molecular complexity index is 1050. The Morgan fingerprint density at radius 3 is 1.17 bits per heavy atom. The predicted molar refractivity (Wildman–Crippen MR) is 185 cm³/mol. The van der Waals surface area contributed by atoms with E-state index < -0.39 is 0 Å². The molecule has 0 aliphatic rings. The number of aryl methyl sites for hydroxylation is 4. The Hall–Kier alpha value is -1.73. The van der Waals surface area contributed by atoms with Gasteiger partial charge in [-0.2, -0.15) is 0 Å². The van der Waals surface area contributed by atoms with E-state index in [-0.39, 0.29) is 16.5 Å². The molecule has 0 aliphatic carbocycles. The first kappa shape index (κ1) is 38.3. The number of nitrogens with zero attached hydrogens (tertiary/aromatic N) is 2. The van der Waals surface area contributed by atoms with Gasteiger partial charge >= 0.3 is 0 Å². The van der Waals surface area contributed by atoms with Gasteiger partial charge in [-0.25, -0.2) is 0 Å². The van der Waals surface area contributed by atoms with Crippen LogP contribution in [-0.2, 0) is 42.2 Å². The molecule has 3 heteroatoms. The van der Waals surface area contributed by atoms with E-state index in [9.17, 15) is 0 Å². The summed E-state index contributed by atoms with van der Waals surface area (Å²) in [6.07, 6.45) is 22.6. The number of aliphatic imine (C=N–C) groups is 2. The van der Waals surface area contributed by atoms with Crippen molar-refractivity contribution in [1.29, 1.82) is 0 Å². The van der Waals surface area contributed by atoms with Crippen molar-refractivity contribution in [1.82, 2.24) is 0 Å². The molecular formula is C39H62N2Ni. The molecular weight excluding hydrogens is 555 g/mol. The van der Waals surface area contributed by atoms with E-state index in [4.69, 9.17) is 9.98 Å². The van der Waals surface area contributed by atoms with Crippen LogP contribution >= 0.6 is 0 Å². The van der Waals surface area contributed by atoms with Crippen LogP contribution in [0.25, 0.3) is 0 Å². The number of hydrogen-bond donors (Lipinski definition) is 0. The zero-order valence-corrected chi connectivity index (χ0v) is 29.1. The predicted octanol–water partition coefficient (Wildman–Crippen LogP) is 12.7. The van der Waals surface area contributed by atoms with E-state index >= 15 is 0 Å². The van der Waals surface area contributed by atoms with E-state index in [1.165, 1.54) is 124 Å². The Morgan fingerprint density at radius 1 is 0.429 bits per heavy atom. The van der Waals surface area contributed by atoms with Gasteiger partial charge in [-0.15, -0.1) is 0 Å². The van der Waals surface area contributed by atoms with Gasteiger partial charge in [0.05, 0.1) is 22.8 Å². The molecule has 2 aromatic carbocycles. The van der Waals surface area contributed by atoms with E-state index in [1.54, 1.807) is 0 Å². The Morgan fingerprint density at radius 2 is 0.786 bits per heavy atom. The van der Waals surface area contributed by atoms with Gasteiger partial charge in [-0.3, -0.25) is 9.98 Å². The summed E-state index contributed by atoms with van der Waals surface area (Å²) in [5, 5.41) is 0. The van der Waals surface area contributed by atoms with E-state index in [0.29, 0.717) is 0 Å². The molecule has 0 amide bonds. The largest absolute Gasteiger partial charge is 0.252 e. The number of benzene rings is 2. The third-order valence-electron chi connectivity index (χ3n) is 8.22. The van der Waals surface area contributed by atoms with Crippen LogP contribution in [-0.4, -0.2) is 11.4 Å². The summed E-state index contributed by atoms with van der Waals surface area (Å²) in [5.74, 6) is 0. The summed E-state index contributed by atoms with van der Waals surface area (Å²) in [7, 11) is 0. The molecule has 0 aromatic heterocycles. The molecule has 2 aromatic rings. The van der Waals surface area contributed by atoms with Crippen LogP contribution in [0.15, 0.2) is 46.4 Å². The standard InChI is InChI=1S/C39H62N2.Ni/c1-7-13-19-25-39(41-37-29-27-33(21-15-9-3)35(31-37)23-17-11-5)38(24-18-12-6)40-36-28-26-32(20-14-8-2)34(30-36)22-16-10-4;/h26-31H,7-25H2,1-6H3;. The second-order valence-corrected chi connectivity index (χ2v) is 12.0. The van der Waals surface area contributed by atoms with Crippen molar-refractivity contribution >= 4 is 22.8 Å². The van der Waals surface area contributed by atoms with Crippen LogP contribution < -0.4 is 0 Å². The molecule has 238 valence electrons.